The number of hydrogen-bond donors (Lipinski definition) is 0. The molecule has 7 nitrogen and oxygen atoms in total. The average Bonchev–Trinajstić information content (AvgIpc) is 3.24. The van der Waals surface area contributed by atoms with Crippen LogP contribution in [0.1, 0.15) is 57.5 Å². The molecule has 0 atom stereocenters. The Bertz CT molecular complexity index is 1190. The summed E-state index contributed by atoms with van der Waals surface area (Å²) in [4.78, 5) is 27.4. The molecule has 192 valence electrons. The molecule has 2 aliphatic rings. The minimum atomic E-state index is 0.131. The van der Waals surface area contributed by atoms with Crippen LogP contribution in [0.5, 0.6) is 0 Å². The van der Waals surface area contributed by atoms with Gasteiger partial charge in [0.2, 0.25) is 0 Å². The van der Waals surface area contributed by atoms with Gasteiger partial charge in [0.25, 0.3) is 0 Å². The van der Waals surface area contributed by atoms with E-state index in [1.54, 1.807) is 0 Å². The SMILES string of the molecule is CC(C)CN1CCC(C(=O)Cc2ncc3ccc(-c4cnn(C)c4CN4CCCCC4)cc3n2)CC1. The second-order valence-corrected chi connectivity index (χ2v) is 11.1. The summed E-state index contributed by atoms with van der Waals surface area (Å²) < 4.78 is 2.00. The number of benzene rings is 1. The van der Waals surface area contributed by atoms with Crippen LogP contribution in [-0.2, 0) is 24.8 Å². The van der Waals surface area contributed by atoms with E-state index in [1.165, 1.54) is 25.0 Å². The first-order valence-corrected chi connectivity index (χ1v) is 13.7. The van der Waals surface area contributed by atoms with Gasteiger partial charge in [-0.1, -0.05) is 32.4 Å². The third kappa shape index (κ3) is 5.84. The molecular formula is C29H40N6O. The maximum atomic E-state index is 13.0. The van der Waals surface area contributed by atoms with Crippen LogP contribution >= 0.6 is 0 Å². The molecule has 0 N–H and O–H groups in total. The molecule has 0 spiro atoms. The largest absolute Gasteiger partial charge is 0.303 e. The molecule has 2 aliphatic heterocycles. The molecular weight excluding hydrogens is 448 g/mol. The van der Waals surface area contributed by atoms with Crippen molar-refractivity contribution in [2.24, 2.45) is 18.9 Å². The average molecular weight is 489 g/mol. The van der Waals surface area contributed by atoms with Crippen LogP contribution in [0.2, 0.25) is 0 Å². The molecule has 7 heteroatoms. The highest BCUT2D eigenvalue weighted by Crippen LogP contribution is 2.28. The van der Waals surface area contributed by atoms with Gasteiger partial charge in [0, 0.05) is 43.2 Å². The number of hydrogen-bond acceptors (Lipinski definition) is 6. The third-order valence-corrected chi connectivity index (χ3v) is 7.83. The van der Waals surface area contributed by atoms with Gasteiger partial charge in [-0.2, -0.15) is 5.10 Å². The topological polar surface area (TPSA) is 67.2 Å². The zero-order chi connectivity index (χ0) is 25.1. The zero-order valence-electron chi connectivity index (χ0n) is 22.1. The molecule has 0 unspecified atom stereocenters. The summed E-state index contributed by atoms with van der Waals surface area (Å²) in [6, 6.07) is 6.35. The fraction of sp³-hybridized carbons (Fsp3) is 0.586. The van der Waals surface area contributed by atoms with E-state index in [4.69, 9.17) is 4.98 Å². The molecule has 4 heterocycles. The van der Waals surface area contributed by atoms with Crippen molar-refractivity contribution in [2.45, 2.75) is 58.9 Å². The van der Waals surface area contributed by atoms with Crippen LogP contribution in [0.4, 0.5) is 0 Å². The number of aromatic nitrogens is 4. The van der Waals surface area contributed by atoms with E-state index >= 15 is 0 Å². The highest BCUT2D eigenvalue weighted by Gasteiger charge is 2.26. The Morgan fingerprint density at radius 2 is 1.81 bits per heavy atom. The quantitative estimate of drug-likeness (QED) is 0.465. The van der Waals surface area contributed by atoms with Gasteiger partial charge < -0.3 is 4.90 Å². The van der Waals surface area contributed by atoms with Crippen LogP contribution in [0.25, 0.3) is 22.0 Å². The Kier molecular flexibility index (Phi) is 7.77. The second-order valence-electron chi connectivity index (χ2n) is 11.1. The fourth-order valence-corrected chi connectivity index (χ4v) is 5.79. The lowest BCUT2D eigenvalue weighted by Gasteiger charge is -2.32. The summed E-state index contributed by atoms with van der Waals surface area (Å²) in [6.07, 6.45) is 9.93. The van der Waals surface area contributed by atoms with Crippen molar-refractivity contribution in [1.29, 1.82) is 0 Å². The van der Waals surface area contributed by atoms with Crippen LogP contribution in [0.3, 0.4) is 0 Å². The molecule has 3 aromatic rings. The molecule has 36 heavy (non-hydrogen) atoms. The molecule has 2 fully saturated rings. The van der Waals surface area contributed by atoms with E-state index in [-0.39, 0.29) is 11.7 Å². The Balaban J connectivity index is 1.30. The predicted molar refractivity (Wildman–Crippen MR) is 144 cm³/mol. The molecule has 0 bridgehead atoms. The summed E-state index contributed by atoms with van der Waals surface area (Å²) in [5.74, 6) is 1.72. The lowest BCUT2D eigenvalue weighted by molar-refractivity contribution is -0.123. The molecule has 0 saturated carbocycles. The van der Waals surface area contributed by atoms with Crippen molar-refractivity contribution in [1.82, 2.24) is 29.5 Å². The second kappa shape index (κ2) is 11.2. The molecule has 5 rings (SSSR count). The lowest BCUT2D eigenvalue weighted by Crippen LogP contribution is -2.38. The Morgan fingerprint density at radius 3 is 2.56 bits per heavy atom. The minimum Gasteiger partial charge on any atom is -0.303 e. The van der Waals surface area contributed by atoms with Gasteiger partial charge in [-0.05, 0) is 69.4 Å². The number of Topliss-reactive ketones (excluding diaryl/α,β-unsaturated/α-hetero) is 1. The molecule has 0 radical (unpaired) electrons. The van der Waals surface area contributed by atoms with Crippen molar-refractivity contribution in [2.75, 3.05) is 32.7 Å². The van der Waals surface area contributed by atoms with Crippen LogP contribution in [0, 0.1) is 11.8 Å². The monoisotopic (exact) mass is 488 g/mol. The van der Waals surface area contributed by atoms with E-state index in [0.717, 1.165) is 74.1 Å². The standard InChI is InChI=1S/C29H40N6O/c1-21(2)19-35-13-9-22(10-14-35)28(36)16-29-30-17-24-8-7-23(15-26(24)32-29)25-18-31-33(3)27(25)20-34-11-5-4-6-12-34/h7-8,15,17-18,21-22H,4-6,9-14,16,19-20H2,1-3H3. The number of rotatable bonds is 8. The highest BCUT2D eigenvalue weighted by molar-refractivity contribution is 5.86. The van der Waals surface area contributed by atoms with Crippen LogP contribution in [0.15, 0.2) is 30.6 Å². The number of aryl methyl sites for hydroxylation is 1. The lowest BCUT2D eigenvalue weighted by atomic mass is 9.90. The molecule has 1 aromatic carbocycles. The summed E-state index contributed by atoms with van der Waals surface area (Å²) in [6.45, 7) is 10.9. The van der Waals surface area contributed by atoms with Gasteiger partial charge >= 0.3 is 0 Å². The molecule has 2 saturated heterocycles. The van der Waals surface area contributed by atoms with Crippen molar-refractivity contribution >= 4 is 16.7 Å². The van der Waals surface area contributed by atoms with Gasteiger partial charge in [-0.25, -0.2) is 9.97 Å². The smallest absolute Gasteiger partial charge is 0.143 e. The van der Waals surface area contributed by atoms with Crippen LogP contribution < -0.4 is 0 Å². The van der Waals surface area contributed by atoms with E-state index in [2.05, 4.69) is 51.9 Å². The molecule has 2 aromatic heterocycles. The van der Waals surface area contributed by atoms with Gasteiger partial charge in [-0.15, -0.1) is 0 Å². The van der Waals surface area contributed by atoms with E-state index in [9.17, 15) is 4.79 Å². The van der Waals surface area contributed by atoms with E-state index in [1.807, 2.05) is 24.1 Å². The summed E-state index contributed by atoms with van der Waals surface area (Å²) >= 11 is 0. The van der Waals surface area contributed by atoms with E-state index < -0.39 is 0 Å². The van der Waals surface area contributed by atoms with Gasteiger partial charge in [-0.3, -0.25) is 14.4 Å². The minimum absolute atomic E-state index is 0.131. The number of carbonyl (C=O) groups excluding carboxylic acids is 1. The Hall–Kier alpha value is -2.64. The summed E-state index contributed by atoms with van der Waals surface area (Å²) in [7, 11) is 2.03. The molecule has 0 amide bonds. The zero-order valence-corrected chi connectivity index (χ0v) is 22.1. The van der Waals surface area contributed by atoms with Crippen molar-refractivity contribution in [3.63, 3.8) is 0 Å². The predicted octanol–water partition coefficient (Wildman–Crippen LogP) is 4.50. The third-order valence-electron chi connectivity index (χ3n) is 7.83. The van der Waals surface area contributed by atoms with Crippen molar-refractivity contribution in [3.8, 4) is 11.1 Å². The number of likely N-dealkylation sites (tertiary alicyclic amines) is 2. The number of ketones is 1. The normalized spacial score (nSPS) is 18.3. The van der Waals surface area contributed by atoms with Crippen molar-refractivity contribution in [3.05, 3.63) is 42.1 Å². The Morgan fingerprint density at radius 1 is 1.03 bits per heavy atom. The summed E-state index contributed by atoms with van der Waals surface area (Å²) in [5.41, 5.74) is 4.42. The first-order chi connectivity index (χ1) is 17.5. The van der Waals surface area contributed by atoms with Gasteiger partial charge in [0.1, 0.15) is 11.6 Å². The van der Waals surface area contributed by atoms with Gasteiger partial charge in [0.15, 0.2) is 0 Å². The number of carbonyl (C=O) groups is 1. The maximum absolute atomic E-state index is 13.0. The van der Waals surface area contributed by atoms with Crippen LogP contribution in [-0.4, -0.2) is 68.1 Å². The first kappa shape index (κ1) is 25.0. The van der Waals surface area contributed by atoms with E-state index in [0.29, 0.717) is 18.2 Å². The fourth-order valence-electron chi connectivity index (χ4n) is 5.79. The maximum Gasteiger partial charge on any atom is 0.143 e. The number of fused-ring (bicyclic) bond motifs is 1. The highest BCUT2D eigenvalue weighted by atomic mass is 16.1. The van der Waals surface area contributed by atoms with Gasteiger partial charge in [0.05, 0.1) is 23.8 Å². The number of nitrogens with zero attached hydrogens (tertiary/aromatic N) is 6. The number of piperidine rings is 2. The van der Waals surface area contributed by atoms with Crippen molar-refractivity contribution < 1.29 is 4.79 Å². The molecule has 0 aliphatic carbocycles. The first-order valence-electron chi connectivity index (χ1n) is 13.7. The summed E-state index contributed by atoms with van der Waals surface area (Å²) in [5, 5.41) is 5.58. The Labute approximate surface area is 214 Å².